The molecule has 156 valence electrons. The van der Waals surface area contributed by atoms with Gasteiger partial charge in [-0.05, 0) is 101 Å². The van der Waals surface area contributed by atoms with Crippen LogP contribution < -0.4 is 4.74 Å². The van der Waals surface area contributed by atoms with Gasteiger partial charge in [-0.2, -0.15) is 0 Å². The zero-order valence-electron chi connectivity index (χ0n) is 18.0. The summed E-state index contributed by atoms with van der Waals surface area (Å²) in [7, 11) is 0. The van der Waals surface area contributed by atoms with Gasteiger partial charge in [-0.25, -0.2) is 0 Å². The smallest absolute Gasteiger partial charge is 0.308 e. The molecule has 1 saturated carbocycles. The summed E-state index contributed by atoms with van der Waals surface area (Å²) in [5.74, 6) is 1.74. The summed E-state index contributed by atoms with van der Waals surface area (Å²) >= 11 is 0. The van der Waals surface area contributed by atoms with Crippen molar-refractivity contribution in [1.82, 2.24) is 0 Å². The summed E-state index contributed by atoms with van der Waals surface area (Å²) in [6, 6.07) is 4.14. The summed E-state index contributed by atoms with van der Waals surface area (Å²) in [6.07, 6.45) is 9.23. The molecule has 0 aromatic heterocycles. The predicted molar refractivity (Wildman–Crippen MR) is 110 cm³/mol. The normalized spacial score (nSPS) is 28.1. The number of carbonyl (C=O) groups is 1. The van der Waals surface area contributed by atoms with Crippen LogP contribution in [-0.4, -0.2) is 25.0 Å². The summed E-state index contributed by atoms with van der Waals surface area (Å²) in [4.78, 5) is 11.7. The Morgan fingerprint density at radius 3 is 2.43 bits per heavy atom. The Balaban J connectivity index is 1.32. The van der Waals surface area contributed by atoms with E-state index in [1.165, 1.54) is 29.5 Å². The van der Waals surface area contributed by atoms with Gasteiger partial charge in [0.15, 0.2) is 6.79 Å². The molecule has 1 aliphatic heterocycles. The van der Waals surface area contributed by atoms with Crippen molar-refractivity contribution in [3.63, 3.8) is 0 Å². The third-order valence-corrected chi connectivity index (χ3v) is 6.82. The minimum Gasteiger partial charge on any atom is -0.467 e. The maximum Gasteiger partial charge on any atom is 0.308 e. The van der Waals surface area contributed by atoms with E-state index in [1.54, 1.807) is 0 Å². The molecule has 1 aliphatic carbocycles. The summed E-state index contributed by atoms with van der Waals surface area (Å²) < 4.78 is 17.4. The molecule has 2 unspecified atom stereocenters. The van der Waals surface area contributed by atoms with Crippen LogP contribution >= 0.6 is 0 Å². The van der Waals surface area contributed by atoms with Crippen LogP contribution in [0, 0.1) is 32.6 Å². The second-order valence-corrected chi connectivity index (χ2v) is 8.82. The number of rotatable bonds is 7. The van der Waals surface area contributed by atoms with E-state index in [0.29, 0.717) is 12.9 Å². The van der Waals surface area contributed by atoms with Crippen molar-refractivity contribution in [1.29, 1.82) is 0 Å². The number of hydrogen-bond donors (Lipinski definition) is 0. The Bertz CT molecular complexity index is 661. The summed E-state index contributed by atoms with van der Waals surface area (Å²) in [5.41, 5.74) is 3.78. The Morgan fingerprint density at radius 1 is 0.964 bits per heavy atom. The van der Waals surface area contributed by atoms with Crippen molar-refractivity contribution in [2.75, 3.05) is 6.79 Å². The first-order valence-electron chi connectivity index (χ1n) is 11.0. The third-order valence-electron chi connectivity index (χ3n) is 6.82. The monoisotopic (exact) mass is 388 g/mol. The highest BCUT2D eigenvalue weighted by molar-refractivity contribution is 5.72. The number of esters is 1. The molecule has 0 bridgehead atoms. The van der Waals surface area contributed by atoms with Crippen LogP contribution in [0.3, 0.4) is 0 Å². The highest BCUT2D eigenvalue weighted by atomic mass is 16.7. The van der Waals surface area contributed by atoms with Gasteiger partial charge >= 0.3 is 5.97 Å². The molecule has 3 rings (SSSR count). The first-order valence-corrected chi connectivity index (χ1v) is 11.0. The fraction of sp³-hybridized carbons (Fsp3) is 0.708. The number of cyclic esters (lactones) is 1. The number of ether oxygens (including phenoxy) is 3. The largest absolute Gasteiger partial charge is 0.467 e. The molecule has 2 fully saturated rings. The van der Waals surface area contributed by atoms with E-state index in [-0.39, 0.29) is 18.0 Å². The van der Waals surface area contributed by atoms with E-state index in [4.69, 9.17) is 14.2 Å². The van der Waals surface area contributed by atoms with Crippen molar-refractivity contribution >= 4 is 5.97 Å². The second-order valence-electron chi connectivity index (χ2n) is 8.82. The van der Waals surface area contributed by atoms with Crippen LogP contribution in [0.15, 0.2) is 12.1 Å². The highest BCUT2D eigenvalue weighted by Gasteiger charge is 2.28. The number of carbonyl (C=O) groups excluding carboxylic acids is 1. The molecule has 1 saturated heterocycles. The Hall–Kier alpha value is -1.55. The van der Waals surface area contributed by atoms with E-state index >= 15 is 0 Å². The lowest BCUT2D eigenvalue weighted by Gasteiger charge is -2.31. The predicted octanol–water partition coefficient (Wildman–Crippen LogP) is 5.65. The van der Waals surface area contributed by atoms with Crippen LogP contribution in [0.2, 0.25) is 0 Å². The highest BCUT2D eigenvalue weighted by Crippen LogP contribution is 2.32. The fourth-order valence-electron chi connectivity index (χ4n) is 4.39. The van der Waals surface area contributed by atoms with E-state index in [9.17, 15) is 4.79 Å². The van der Waals surface area contributed by atoms with E-state index in [1.807, 2.05) is 13.0 Å². The van der Waals surface area contributed by atoms with Gasteiger partial charge < -0.3 is 14.2 Å². The molecule has 1 aromatic rings. The number of aryl methyl sites for hydroxylation is 1. The molecule has 4 heteroatoms. The maximum absolute atomic E-state index is 11.7. The van der Waals surface area contributed by atoms with Crippen molar-refractivity contribution in [2.24, 2.45) is 11.8 Å². The second kappa shape index (κ2) is 9.78. The lowest BCUT2D eigenvalue weighted by Crippen LogP contribution is -2.30. The molecule has 0 N–H and O–H groups in total. The van der Waals surface area contributed by atoms with Gasteiger partial charge in [-0.15, -0.1) is 0 Å². The molecular formula is C24H36O4. The Labute approximate surface area is 169 Å². The van der Waals surface area contributed by atoms with Crippen LogP contribution in [0.5, 0.6) is 5.75 Å². The van der Waals surface area contributed by atoms with Gasteiger partial charge in [0.05, 0.1) is 12.0 Å². The van der Waals surface area contributed by atoms with Crippen molar-refractivity contribution < 1.29 is 19.0 Å². The van der Waals surface area contributed by atoms with Crippen molar-refractivity contribution in [2.45, 2.75) is 91.3 Å². The number of hydrogen-bond acceptors (Lipinski definition) is 4. The number of benzene rings is 1. The third kappa shape index (κ3) is 5.50. The zero-order valence-corrected chi connectivity index (χ0v) is 18.0. The molecular weight excluding hydrogens is 352 g/mol. The minimum absolute atomic E-state index is 0.00707. The molecule has 1 aromatic carbocycles. The van der Waals surface area contributed by atoms with Gasteiger partial charge in [0.25, 0.3) is 0 Å². The molecule has 0 amide bonds. The average molecular weight is 389 g/mol. The Morgan fingerprint density at radius 2 is 1.71 bits per heavy atom. The molecule has 2 aliphatic rings. The lowest BCUT2D eigenvalue weighted by atomic mass is 9.83. The van der Waals surface area contributed by atoms with Gasteiger partial charge in [0.2, 0.25) is 0 Å². The molecule has 0 spiro atoms. The van der Waals surface area contributed by atoms with Gasteiger partial charge in [0.1, 0.15) is 11.9 Å². The van der Waals surface area contributed by atoms with Gasteiger partial charge in [0, 0.05) is 0 Å². The van der Waals surface area contributed by atoms with Crippen LogP contribution in [0.4, 0.5) is 0 Å². The maximum atomic E-state index is 11.7. The van der Waals surface area contributed by atoms with Crippen molar-refractivity contribution in [3.05, 3.63) is 28.8 Å². The lowest BCUT2D eigenvalue weighted by molar-refractivity contribution is -0.160. The first kappa shape index (κ1) is 21.2. The Kier molecular flexibility index (Phi) is 7.39. The van der Waals surface area contributed by atoms with Crippen LogP contribution in [-0.2, 0) is 14.3 Å². The van der Waals surface area contributed by atoms with Gasteiger partial charge in [-0.3, -0.25) is 4.79 Å². The summed E-state index contributed by atoms with van der Waals surface area (Å²) in [6.45, 7) is 8.65. The van der Waals surface area contributed by atoms with E-state index < -0.39 is 0 Å². The van der Waals surface area contributed by atoms with Crippen molar-refractivity contribution in [3.8, 4) is 5.75 Å². The van der Waals surface area contributed by atoms with E-state index in [2.05, 4.69) is 26.8 Å². The SMILES string of the molecule is Cc1ccc(OCOC2CCC(CCC3CCC(C)C(=O)O3)CC2)c(C)c1C. The van der Waals surface area contributed by atoms with E-state index in [0.717, 1.165) is 50.2 Å². The fourth-order valence-corrected chi connectivity index (χ4v) is 4.39. The quantitative estimate of drug-likeness (QED) is 0.447. The molecule has 1 heterocycles. The molecule has 2 atom stereocenters. The molecule has 0 radical (unpaired) electrons. The van der Waals surface area contributed by atoms with Crippen LogP contribution in [0.25, 0.3) is 0 Å². The minimum atomic E-state index is -0.00707. The topological polar surface area (TPSA) is 44.8 Å². The van der Waals surface area contributed by atoms with Gasteiger partial charge in [-0.1, -0.05) is 13.0 Å². The van der Waals surface area contributed by atoms with Crippen LogP contribution in [0.1, 0.15) is 75.0 Å². The standard InChI is InChI=1S/C24H36O4/c1-16-6-14-23(19(4)18(16)3)27-15-26-21-11-7-20(8-12-21)9-13-22-10-5-17(2)24(25)28-22/h6,14,17,20-22H,5,7-13,15H2,1-4H3. The first-order chi connectivity index (χ1) is 13.4. The molecule has 4 nitrogen and oxygen atoms in total. The summed E-state index contributed by atoms with van der Waals surface area (Å²) in [5, 5.41) is 0. The average Bonchev–Trinajstić information content (AvgIpc) is 2.70. The zero-order chi connectivity index (χ0) is 20.1. The molecule has 28 heavy (non-hydrogen) atoms.